The molecule has 14 nitrogen and oxygen atoms in total. The number of carbonyl (C=O) groups is 4. The smallest absolute Gasteiger partial charge is 0.341 e. The summed E-state index contributed by atoms with van der Waals surface area (Å²) in [5.41, 5.74) is -9.86. The van der Waals surface area contributed by atoms with Gasteiger partial charge in [-0.2, -0.15) is 0 Å². The van der Waals surface area contributed by atoms with Crippen LogP contribution >= 0.6 is 0 Å². The minimum Gasteiger partial charge on any atom is -0.511 e. The molecule has 13 atom stereocenters. The quantitative estimate of drug-likeness (QED) is 0.100. The topological polar surface area (TPSA) is 179 Å². The number of methoxy groups -OCH3 is 1. The zero-order chi connectivity index (χ0) is 41.9. The van der Waals surface area contributed by atoms with E-state index in [1.165, 1.54) is 26.6 Å². The molecule has 6 bridgehead atoms. The summed E-state index contributed by atoms with van der Waals surface area (Å²) < 4.78 is 58.8. The first-order valence-electron chi connectivity index (χ1n) is 20.2. The van der Waals surface area contributed by atoms with E-state index < -0.39 is 116 Å². The lowest BCUT2D eigenvalue weighted by Crippen LogP contribution is -2.88. The standard InChI is InChI=1S/C43H58O14/c1-21(2)29(46)28-30-37(9,31(51-23(4)44)24-14-17-50-20-24)15-16-42-39(11)25(18-27(45)49-13)35(5,6)41(55-34(48)38(10)22(3)53-38)19-26(52-32(28)47)43(30,42)57-40(12,56-42)54-33(41)36(39,7)8/h14,17,20-22,25-26,30-31,33,46H,15-16,18-19H2,1-13H3. The van der Waals surface area contributed by atoms with E-state index in [2.05, 4.69) is 20.8 Å². The van der Waals surface area contributed by atoms with Crippen LogP contribution in [0.15, 0.2) is 34.3 Å². The molecule has 3 saturated carbocycles. The summed E-state index contributed by atoms with van der Waals surface area (Å²) >= 11 is 0. The van der Waals surface area contributed by atoms with E-state index in [-0.39, 0.29) is 37.0 Å². The van der Waals surface area contributed by atoms with Gasteiger partial charge in [0.05, 0.1) is 31.3 Å². The summed E-state index contributed by atoms with van der Waals surface area (Å²) in [4.78, 5) is 56.4. The van der Waals surface area contributed by atoms with E-state index >= 15 is 0 Å². The lowest BCUT2D eigenvalue weighted by Gasteiger charge is -2.78. The van der Waals surface area contributed by atoms with Crippen molar-refractivity contribution in [2.45, 2.75) is 162 Å². The molecular formula is C43H58O14. The van der Waals surface area contributed by atoms with Gasteiger partial charge < -0.3 is 47.4 Å². The van der Waals surface area contributed by atoms with Crippen molar-refractivity contribution in [3.63, 3.8) is 0 Å². The monoisotopic (exact) mass is 798 g/mol. The molecule has 5 aliphatic heterocycles. The SMILES string of the molecule is COC(=O)CC1C(C)(C)C2(OC(=O)C3(C)OC3C)CC3OC(=O)C(=C(O)C(C)C)C4C(C)(C(OC(C)=O)c5ccoc5)CCC56OC(C)(OC2C(C)(C)C15C)OC346. The molecule has 314 valence electrons. The van der Waals surface area contributed by atoms with Gasteiger partial charge in [-0.3, -0.25) is 9.59 Å². The number of hydrogen-bond acceptors (Lipinski definition) is 14. The van der Waals surface area contributed by atoms with Gasteiger partial charge in [0.2, 0.25) is 0 Å². The highest BCUT2D eigenvalue weighted by atomic mass is 16.9. The van der Waals surface area contributed by atoms with Crippen LogP contribution in [0.25, 0.3) is 0 Å². The number of rotatable bonds is 8. The molecule has 0 radical (unpaired) electrons. The molecule has 1 aromatic heterocycles. The third kappa shape index (κ3) is 4.61. The molecule has 57 heavy (non-hydrogen) atoms. The first kappa shape index (κ1) is 40.3. The fourth-order valence-electron chi connectivity index (χ4n) is 13.2. The summed E-state index contributed by atoms with van der Waals surface area (Å²) in [7, 11) is 1.35. The minimum atomic E-state index is -1.84. The molecule has 0 aromatic carbocycles. The molecule has 2 spiro atoms. The zero-order valence-electron chi connectivity index (χ0n) is 35.4. The number of esters is 4. The maximum Gasteiger partial charge on any atom is 0.341 e. The number of epoxide rings is 1. The van der Waals surface area contributed by atoms with Crippen molar-refractivity contribution in [1.29, 1.82) is 0 Å². The third-order valence-corrected chi connectivity index (χ3v) is 16.4. The number of allylic oxidation sites excluding steroid dienone is 1. The zero-order valence-corrected chi connectivity index (χ0v) is 35.4. The number of aliphatic hydroxyl groups is 1. The van der Waals surface area contributed by atoms with E-state index in [1.54, 1.807) is 40.7 Å². The van der Waals surface area contributed by atoms with Gasteiger partial charge >= 0.3 is 23.9 Å². The van der Waals surface area contributed by atoms with Gasteiger partial charge in [0, 0.05) is 65.7 Å². The van der Waals surface area contributed by atoms with Crippen molar-refractivity contribution >= 4 is 23.9 Å². The fourth-order valence-corrected chi connectivity index (χ4v) is 13.2. The van der Waals surface area contributed by atoms with Crippen LogP contribution in [0.5, 0.6) is 0 Å². The highest BCUT2D eigenvalue weighted by Gasteiger charge is 2.93. The lowest BCUT2D eigenvalue weighted by atomic mass is 9.30. The maximum atomic E-state index is 14.9. The second-order valence-corrected chi connectivity index (χ2v) is 19.8. The van der Waals surface area contributed by atoms with Crippen LogP contribution < -0.4 is 0 Å². The Morgan fingerprint density at radius 2 is 1.65 bits per heavy atom. The molecule has 8 aliphatic rings. The van der Waals surface area contributed by atoms with Crippen LogP contribution in [0.3, 0.4) is 0 Å². The fraction of sp³-hybridized carbons (Fsp3) is 0.767. The normalized spacial score (nSPS) is 46.9. The van der Waals surface area contributed by atoms with Crippen LogP contribution in [0.1, 0.15) is 120 Å². The van der Waals surface area contributed by atoms with Crippen molar-refractivity contribution in [2.75, 3.05) is 7.11 Å². The van der Waals surface area contributed by atoms with E-state index in [0.29, 0.717) is 5.56 Å². The van der Waals surface area contributed by atoms with E-state index in [1.807, 2.05) is 20.8 Å². The van der Waals surface area contributed by atoms with Gasteiger partial charge in [0.15, 0.2) is 5.60 Å². The second-order valence-electron chi connectivity index (χ2n) is 19.8. The number of carbonyl (C=O) groups excluding carboxylic acids is 4. The highest BCUT2D eigenvalue weighted by molar-refractivity contribution is 5.92. The van der Waals surface area contributed by atoms with E-state index in [0.717, 1.165) is 0 Å². The number of hydrogen-bond donors (Lipinski definition) is 1. The first-order chi connectivity index (χ1) is 26.3. The van der Waals surface area contributed by atoms with Crippen LogP contribution in [-0.4, -0.2) is 82.8 Å². The largest absolute Gasteiger partial charge is 0.511 e. The first-order valence-corrected chi connectivity index (χ1v) is 20.2. The molecular weight excluding hydrogens is 740 g/mol. The Labute approximate surface area is 333 Å². The molecule has 14 heteroatoms. The Bertz CT molecular complexity index is 1950. The van der Waals surface area contributed by atoms with Gasteiger partial charge in [-0.05, 0) is 38.7 Å². The molecule has 8 fully saturated rings. The average Bonchev–Trinajstić information content (AvgIpc) is 3.43. The predicted molar refractivity (Wildman–Crippen MR) is 198 cm³/mol. The van der Waals surface area contributed by atoms with Gasteiger partial charge in [-0.1, -0.05) is 55.4 Å². The van der Waals surface area contributed by atoms with Crippen molar-refractivity contribution in [3.05, 3.63) is 35.5 Å². The van der Waals surface area contributed by atoms with Crippen LogP contribution in [0, 0.1) is 39.4 Å². The Balaban J connectivity index is 1.51. The minimum absolute atomic E-state index is 0.0289. The van der Waals surface area contributed by atoms with Gasteiger partial charge in [0.1, 0.15) is 40.9 Å². The summed E-state index contributed by atoms with van der Waals surface area (Å²) in [5, 5.41) is 12.2. The summed E-state index contributed by atoms with van der Waals surface area (Å²) in [6, 6.07) is 1.71. The second kappa shape index (κ2) is 11.8. The van der Waals surface area contributed by atoms with Crippen LogP contribution in [0.2, 0.25) is 0 Å². The van der Waals surface area contributed by atoms with E-state index in [9.17, 15) is 24.3 Å². The summed E-state index contributed by atoms with van der Waals surface area (Å²) in [5.74, 6) is -6.74. The Kier molecular flexibility index (Phi) is 8.38. The molecule has 1 aromatic rings. The third-order valence-electron chi connectivity index (χ3n) is 16.4. The van der Waals surface area contributed by atoms with Crippen LogP contribution in [0.4, 0.5) is 0 Å². The Morgan fingerprint density at radius 3 is 2.21 bits per heavy atom. The molecule has 13 unspecified atom stereocenters. The summed E-state index contributed by atoms with van der Waals surface area (Å²) in [6.45, 7) is 22.1. The average molecular weight is 799 g/mol. The Morgan fingerprint density at radius 1 is 0.982 bits per heavy atom. The van der Waals surface area contributed by atoms with Gasteiger partial charge in [-0.15, -0.1) is 0 Å². The van der Waals surface area contributed by atoms with Crippen LogP contribution in [-0.2, 0) is 57.1 Å². The molecule has 9 rings (SSSR count). The summed E-state index contributed by atoms with van der Waals surface area (Å²) in [6.07, 6.45) is -0.229. The van der Waals surface area contributed by atoms with E-state index in [4.69, 9.17) is 42.3 Å². The van der Waals surface area contributed by atoms with Crippen molar-refractivity contribution in [2.24, 2.45) is 39.4 Å². The number of ether oxygens (including phenoxy) is 8. The molecule has 5 saturated heterocycles. The lowest BCUT2D eigenvalue weighted by molar-refractivity contribution is -0.430. The molecule has 1 N–H and O–H groups in total. The van der Waals surface area contributed by atoms with Gasteiger partial charge in [-0.25, -0.2) is 9.59 Å². The molecule has 0 amide bonds. The molecule has 6 heterocycles. The predicted octanol–water partition coefficient (Wildman–Crippen LogP) is 6.41. The number of fused-ring (bicyclic) bond motifs is 1. The number of furan rings is 1. The van der Waals surface area contributed by atoms with Crippen molar-refractivity contribution in [3.8, 4) is 0 Å². The molecule has 3 aliphatic carbocycles. The van der Waals surface area contributed by atoms with Gasteiger partial charge in [0.25, 0.3) is 5.97 Å². The maximum absolute atomic E-state index is 14.9. The van der Waals surface area contributed by atoms with Crippen molar-refractivity contribution in [1.82, 2.24) is 0 Å². The highest BCUT2D eigenvalue weighted by Crippen LogP contribution is 2.83. The van der Waals surface area contributed by atoms with Crippen molar-refractivity contribution < 1.29 is 66.6 Å². The number of aliphatic hydroxyl groups excluding tert-OH is 1. The Hall–Kier alpha value is -3.46.